The summed E-state index contributed by atoms with van der Waals surface area (Å²) in [4.78, 5) is 2.34. The Bertz CT molecular complexity index is 202. The van der Waals surface area contributed by atoms with E-state index in [1.54, 1.807) is 7.11 Å². The van der Waals surface area contributed by atoms with E-state index in [0.717, 1.165) is 32.7 Å². The summed E-state index contributed by atoms with van der Waals surface area (Å²) in [5.41, 5.74) is 0. The number of hydrogen-bond acceptors (Lipinski definition) is 4. The molecule has 0 rings (SSSR count). The highest BCUT2D eigenvalue weighted by Gasteiger charge is 2.06. The van der Waals surface area contributed by atoms with Gasteiger partial charge in [0.25, 0.3) is 0 Å². The zero-order chi connectivity index (χ0) is 12.9. The lowest BCUT2D eigenvalue weighted by molar-refractivity contribution is 0.0647. The molecule has 0 aromatic rings. The van der Waals surface area contributed by atoms with E-state index < -0.39 is 0 Å². The van der Waals surface area contributed by atoms with Crippen LogP contribution in [0.25, 0.3) is 0 Å². The van der Waals surface area contributed by atoms with Gasteiger partial charge in [-0.3, -0.25) is 0 Å². The van der Waals surface area contributed by atoms with Crippen LogP contribution in [0.2, 0.25) is 0 Å². The highest BCUT2D eigenvalue weighted by molar-refractivity contribution is 4.72. The third-order valence-electron chi connectivity index (χ3n) is 2.36. The average Bonchev–Trinajstić information content (AvgIpc) is 2.29. The molecular weight excluding hydrogens is 216 g/mol. The molecular formula is C13H26N2O2. The van der Waals surface area contributed by atoms with Crippen LogP contribution in [-0.4, -0.2) is 51.5 Å². The van der Waals surface area contributed by atoms with E-state index >= 15 is 0 Å². The summed E-state index contributed by atoms with van der Waals surface area (Å²) in [7, 11) is 1.68. The zero-order valence-corrected chi connectivity index (χ0v) is 11.4. The van der Waals surface area contributed by atoms with Crippen molar-refractivity contribution in [1.29, 1.82) is 5.26 Å². The minimum absolute atomic E-state index is 0.608. The zero-order valence-electron chi connectivity index (χ0n) is 11.4. The fourth-order valence-electron chi connectivity index (χ4n) is 1.65. The molecule has 0 spiro atoms. The number of hydrogen-bond donors (Lipinski definition) is 0. The van der Waals surface area contributed by atoms with Crippen molar-refractivity contribution in [2.75, 3.05) is 46.6 Å². The van der Waals surface area contributed by atoms with Crippen molar-refractivity contribution in [1.82, 2.24) is 4.90 Å². The van der Waals surface area contributed by atoms with Crippen LogP contribution in [0.5, 0.6) is 0 Å². The monoisotopic (exact) mass is 242 g/mol. The van der Waals surface area contributed by atoms with Crippen LogP contribution in [0.1, 0.15) is 26.7 Å². The minimum atomic E-state index is 0.608. The highest BCUT2D eigenvalue weighted by Crippen LogP contribution is 2.01. The van der Waals surface area contributed by atoms with Crippen molar-refractivity contribution in [3.8, 4) is 6.07 Å². The lowest BCUT2D eigenvalue weighted by Gasteiger charge is -2.23. The van der Waals surface area contributed by atoms with Crippen molar-refractivity contribution >= 4 is 0 Å². The SMILES string of the molecule is COCCOCCCN(CCC#N)CC(C)C. The van der Waals surface area contributed by atoms with Gasteiger partial charge in [-0.25, -0.2) is 0 Å². The molecule has 17 heavy (non-hydrogen) atoms. The van der Waals surface area contributed by atoms with E-state index in [-0.39, 0.29) is 0 Å². The summed E-state index contributed by atoms with van der Waals surface area (Å²) in [5, 5.41) is 8.60. The Morgan fingerprint density at radius 1 is 1.18 bits per heavy atom. The molecule has 0 atom stereocenters. The fraction of sp³-hybridized carbons (Fsp3) is 0.923. The largest absolute Gasteiger partial charge is 0.382 e. The number of rotatable bonds is 11. The van der Waals surface area contributed by atoms with Crippen LogP contribution in [-0.2, 0) is 9.47 Å². The predicted octanol–water partition coefficient (Wildman–Crippen LogP) is 1.91. The molecule has 0 radical (unpaired) electrons. The van der Waals surface area contributed by atoms with Gasteiger partial charge in [0.15, 0.2) is 0 Å². The lowest BCUT2D eigenvalue weighted by Crippen LogP contribution is -2.30. The summed E-state index contributed by atoms with van der Waals surface area (Å²) in [6, 6.07) is 2.20. The van der Waals surface area contributed by atoms with Gasteiger partial charge >= 0.3 is 0 Å². The Morgan fingerprint density at radius 3 is 2.53 bits per heavy atom. The number of nitrogens with zero attached hydrogens (tertiary/aromatic N) is 2. The van der Waals surface area contributed by atoms with Gasteiger partial charge in [0.1, 0.15) is 0 Å². The van der Waals surface area contributed by atoms with Crippen LogP contribution in [0.4, 0.5) is 0 Å². The van der Waals surface area contributed by atoms with Gasteiger partial charge in [0, 0.05) is 39.8 Å². The van der Waals surface area contributed by atoms with E-state index in [1.807, 2.05) is 0 Å². The van der Waals surface area contributed by atoms with E-state index in [9.17, 15) is 0 Å². The van der Waals surface area contributed by atoms with E-state index in [4.69, 9.17) is 14.7 Å². The van der Waals surface area contributed by atoms with Crippen molar-refractivity contribution in [3.63, 3.8) is 0 Å². The molecule has 0 saturated carbocycles. The molecule has 0 amide bonds. The van der Waals surface area contributed by atoms with Crippen molar-refractivity contribution in [3.05, 3.63) is 0 Å². The molecule has 4 nitrogen and oxygen atoms in total. The maximum atomic E-state index is 8.60. The molecule has 0 heterocycles. The maximum absolute atomic E-state index is 8.60. The predicted molar refractivity (Wildman–Crippen MR) is 68.8 cm³/mol. The Morgan fingerprint density at radius 2 is 1.94 bits per heavy atom. The number of ether oxygens (including phenoxy) is 2. The highest BCUT2D eigenvalue weighted by atomic mass is 16.5. The normalized spacial score (nSPS) is 11.1. The van der Waals surface area contributed by atoms with E-state index in [1.165, 1.54) is 0 Å². The first-order chi connectivity index (χ1) is 8.20. The Hall–Kier alpha value is -0.630. The second kappa shape index (κ2) is 11.8. The molecule has 0 fully saturated rings. The molecule has 4 heteroatoms. The summed E-state index contributed by atoms with van der Waals surface area (Å²) < 4.78 is 10.3. The Kier molecular flexibility index (Phi) is 11.4. The average molecular weight is 242 g/mol. The topological polar surface area (TPSA) is 45.5 Å². The Labute approximate surface area is 105 Å². The van der Waals surface area contributed by atoms with Crippen LogP contribution in [0, 0.1) is 17.2 Å². The van der Waals surface area contributed by atoms with Gasteiger partial charge in [-0.2, -0.15) is 5.26 Å². The quantitative estimate of drug-likeness (QED) is 0.519. The van der Waals surface area contributed by atoms with Gasteiger partial charge in [0.05, 0.1) is 19.3 Å². The first kappa shape index (κ1) is 16.4. The van der Waals surface area contributed by atoms with Crippen LogP contribution >= 0.6 is 0 Å². The van der Waals surface area contributed by atoms with Gasteiger partial charge in [-0.1, -0.05) is 13.8 Å². The van der Waals surface area contributed by atoms with Crippen molar-refractivity contribution in [2.45, 2.75) is 26.7 Å². The summed E-state index contributed by atoms with van der Waals surface area (Å²) in [5.74, 6) is 0.642. The molecule has 0 aromatic heterocycles. The molecule has 0 aliphatic rings. The van der Waals surface area contributed by atoms with Crippen molar-refractivity contribution < 1.29 is 9.47 Å². The molecule has 0 N–H and O–H groups in total. The van der Waals surface area contributed by atoms with Crippen LogP contribution < -0.4 is 0 Å². The van der Waals surface area contributed by atoms with Gasteiger partial charge < -0.3 is 14.4 Å². The molecule has 100 valence electrons. The second-order valence-electron chi connectivity index (χ2n) is 4.56. The van der Waals surface area contributed by atoms with E-state index in [2.05, 4.69) is 24.8 Å². The first-order valence-corrected chi connectivity index (χ1v) is 6.36. The van der Waals surface area contributed by atoms with E-state index in [0.29, 0.717) is 25.6 Å². The van der Waals surface area contributed by atoms with Gasteiger partial charge in [0.2, 0.25) is 0 Å². The van der Waals surface area contributed by atoms with Gasteiger partial charge in [-0.15, -0.1) is 0 Å². The van der Waals surface area contributed by atoms with Crippen LogP contribution in [0.3, 0.4) is 0 Å². The first-order valence-electron chi connectivity index (χ1n) is 6.36. The third-order valence-corrected chi connectivity index (χ3v) is 2.36. The molecule has 0 bridgehead atoms. The fourth-order valence-corrected chi connectivity index (χ4v) is 1.65. The third kappa shape index (κ3) is 11.6. The summed E-state index contributed by atoms with van der Waals surface area (Å²) >= 11 is 0. The molecule has 0 saturated heterocycles. The second-order valence-corrected chi connectivity index (χ2v) is 4.56. The molecule has 0 unspecified atom stereocenters. The van der Waals surface area contributed by atoms with Crippen molar-refractivity contribution in [2.24, 2.45) is 5.92 Å². The molecule has 0 aromatic carbocycles. The standard InChI is InChI=1S/C13H26N2O2/c1-13(2)12-15(7-4-6-14)8-5-9-17-11-10-16-3/h13H,4-5,7-12H2,1-3H3. The molecule has 0 aliphatic carbocycles. The van der Waals surface area contributed by atoms with Gasteiger partial charge in [-0.05, 0) is 12.3 Å². The summed E-state index contributed by atoms with van der Waals surface area (Å²) in [6.07, 6.45) is 1.62. The number of methoxy groups -OCH3 is 1. The maximum Gasteiger partial charge on any atom is 0.0700 e. The molecule has 0 aliphatic heterocycles. The Balaban J connectivity index is 3.57. The smallest absolute Gasteiger partial charge is 0.0700 e. The number of nitriles is 1. The van der Waals surface area contributed by atoms with Crippen LogP contribution in [0.15, 0.2) is 0 Å². The summed E-state index contributed by atoms with van der Waals surface area (Å²) in [6.45, 7) is 9.43. The minimum Gasteiger partial charge on any atom is -0.382 e. The lowest BCUT2D eigenvalue weighted by atomic mass is 10.2.